The van der Waals surface area contributed by atoms with E-state index in [0.717, 1.165) is 29.9 Å². The lowest BCUT2D eigenvalue weighted by atomic mass is 10.1. The zero-order valence-electron chi connectivity index (χ0n) is 23.2. The Morgan fingerprint density at radius 3 is 2.33 bits per heavy atom. The molecule has 0 aromatic heterocycles. The highest BCUT2D eigenvalue weighted by Crippen LogP contribution is 2.34. The molecule has 3 heterocycles. The summed E-state index contributed by atoms with van der Waals surface area (Å²) in [6, 6.07) is 26.8. The van der Waals surface area contributed by atoms with Crippen LogP contribution in [-0.4, -0.2) is 76.5 Å². The third kappa shape index (κ3) is 6.08. The van der Waals surface area contributed by atoms with Gasteiger partial charge in [-0.25, -0.2) is 9.89 Å². The van der Waals surface area contributed by atoms with Gasteiger partial charge in [0.05, 0.1) is 11.4 Å². The number of fused-ring (bicyclic) bond motifs is 3. The molecule has 1 atom stereocenters. The Balaban J connectivity index is 1.07. The molecule has 3 aliphatic rings. The van der Waals surface area contributed by atoms with Crippen molar-refractivity contribution in [2.45, 2.75) is 25.4 Å². The fraction of sp³-hybridized carbons (Fsp3) is 0.281. The van der Waals surface area contributed by atoms with Gasteiger partial charge in [0, 0.05) is 50.4 Å². The number of anilines is 1. The number of nitrogens with zero attached hydrogens (tertiary/aromatic N) is 5. The van der Waals surface area contributed by atoms with Crippen molar-refractivity contribution in [1.29, 1.82) is 0 Å². The van der Waals surface area contributed by atoms with E-state index in [1.165, 1.54) is 16.7 Å². The number of amidine groups is 2. The van der Waals surface area contributed by atoms with Gasteiger partial charge < -0.3 is 15.1 Å². The number of thioether (sulfide) groups is 1. The molecule has 10 heteroatoms. The van der Waals surface area contributed by atoms with E-state index in [-0.39, 0.29) is 29.9 Å². The third-order valence-electron chi connectivity index (χ3n) is 7.60. The summed E-state index contributed by atoms with van der Waals surface area (Å²) in [7, 11) is 0. The molecule has 0 unspecified atom stereocenters. The second-order valence-corrected chi connectivity index (χ2v) is 11.3. The molecular weight excluding hydrogens is 548 g/mol. The molecular formula is C32H32N6O3S. The van der Waals surface area contributed by atoms with Crippen LogP contribution in [0.3, 0.4) is 0 Å². The van der Waals surface area contributed by atoms with E-state index in [4.69, 9.17) is 9.98 Å². The summed E-state index contributed by atoms with van der Waals surface area (Å²) < 4.78 is 0. The van der Waals surface area contributed by atoms with Crippen molar-refractivity contribution in [3.63, 3.8) is 0 Å². The van der Waals surface area contributed by atoms with Gasteiger partial charge in [-0.05, 0) is 36.2 Å². The predicted molar refractivity (Wildman–Crippen MR) is 166 cm³/mol. The number of benzene rings is 3. The number of rotatable bonds is 8. The minimum Gasteiger partial charge on any atom is -0.368 e. The van der Waals surface area contributed by atoms with Crippen LogP contribution in [0.15, 0.2) is 94.9 Å². The molecule has 3 aliphatic heterocycles. The second-order valence-electron chi connectivity index (χ2n) is 10.3. The first-order chi connectivity index (χ1) is 20.6. The van der Waals surface area contributed by atoms with E-state index < -0.39 is 6.04 Å². The van der Waals surface area contributed by atoms with Gasteiger partial charge in [-0.15, -0.1) is 0 Å². The number of amides is 3. The molecule has 6 rings (SSSR count). The lowest BCUT2D eigenvalue weighted by Gasteiger charge is -2.36. The van der Waals surface area contributed by atoms with Gasteiger partial charge in [0.1, 0.15) is 11.9 Å². The highest BCUT2D eigenvalue weighted by atomic mass is 32.2. The first kappa shape index (κ1) is 27.7. The number of hydrogen-bond donors (Lipinski definition) is 1. The number of hydrogen-bond acceptors (Lipinski definition) is 7. The number of piperazine rings is 1. The summed E-state index contributed by atoms with van der Waals surface area (Å²) in [6.07, 6.45) is 0.479. The fourth-order valence-corrected chi connectivity index (χ4v) is 6.21. The van der Waals surface area contributed by atoms with E-state index in [1.807, 2.05) is 77.7 Å². The average Bonchev–Trinajstić information content (AvgIpc) is 3.38. The quantitative estimate of drug-likeness (QED) is 0.437. The molecule has 0 radical (unpaired) electrons. The lowest BCUT2D eigenvalue weighted by Crippen LogP contribution is -2.49. The van der Waals surface area contributed by atoms with Crippen LogP contribution < -0.4 is 10.2 Å². The van der Waals surface area contributed by atoms with Gasteiger partial charge in [0.25, 0.3) is 5.91 Å². The van der Waals surface area contributed by atoms with E-state index in [2.05, 4.69) is 22.3 Å². The smallest absolute Gasteiger partial charge is 0.259 e. The van der Waals surface area contributed by atoms with Crippen LogP contribution in [0, 0.1) is 0 Å². The Labute approximate surface area is 249 Å². The Hall–Kier alpha value is -4.44. The zero-order chi connectivity index (χ0) is 28.9. The number of para-hydroxylation sites is 2. The molecule has 1 N–H and O–H groups in total. The van der Waals surface area contributed by atoms with Gasteiger partial charge in [0.15, 0.2) is 5.17 Å². The van der Waals surface area contributed by atoms with Crippen LogP contribution in [0.25, 0.3) is 0 Å². The molecule has 1 fully saturated rings. The van der Waals surface area contributed by atoms with Crippen LogP contribution in [0.1, 0.15) is 24.0 Å². The molecule has 0 spiro atoms. The van der Waals surface area contributed by atoms with E-state index in [9.17, 15) is 14.4 Å². The average molecular weight is 581 g/mol. The van der Waals surface area contributed by atoms with E-state index >= 15 is 0 Å². The van der Waals surface area contributed by atoms with Crippen LogP contribution in [0.4, 0.5) is 11.4 Å². The second kappa shape index (κ2) is 12.6. The maximum Gasteiger partial charge on any atom is 0.259 e. The van der Waals surface area contributed by atoms with Crippen LogP contribution in [0.5, 0.6) is 0 Å². The number of nitrogens with one attached hydrogen (secondary N) is 1. The normalized spacial score (nSPS) is 17.8. The molecule has 3 aromatic carbocycles. The fourth-order valence-electron chi connectivity index (χ4n) is 5.31. The molecule has 3 aromatic rings. The summed E-state index contributed by atoms with van der Waals surface area (Å²) in [4.78, 5) is 54.4. The largest absolute Gasteiger partial charge is 0.368 e. The number of carbonyl (C=O) groups is 3. The zero-order valence-corrected chi connectivity index (χ0v) is 24.0. The van der Waals surface area contributed by atoms with E-state index in [0.29, 0.717) is 42.7 Å². The minimum absolute atomic E-state index is 0.0195. The van der Waals surface area contributed by atoms with Gasteiger partial charge in [-0.1, -0.05) is 72.4 Å². The van der Waals surface area contributed by atoms with Gasteiger partial charge in [-0.3, -0.25) is 19.4 Å². The van der Waals surface area contributed by atoms with Crippen LogP contribution in [-0.2, 0) is 20.9 Å². The van der Waals surface area contributed by atoms with Gasteiger partial charge in [0.2, 0.25) is 11.8 Å². The van der Waals surface area contributed by atoms with Crippen molar-refractivity contribution in [3.05, 3.63) is 96.1 Å². The molecule has 0 bridgehead atoms. The number of carbonyl (C=O) groups excluding carboxylic acids is 3. The van der Waals surface area contributed by atoms with Crippen molar-refractivity contribution < 1.29 is 14.4 Å². The van der Waals surface area contributed by atoms with Gasteiger partial charge in [-0.2, -0.15) is 0 Å². The molecule has 214 valence electrons. The first-order valence-electron chi connectivity index (χ1n) is 14.2. The van der Waals surface area contributed by atoms with Crippen molar-refractivity contribution in [1.82, 2.24) is 15.1 Å². The summed E-state index contributed by atoms with van der Waals surface area (Å²) in [6.45, 7) is 3.28. The maximum absolute atomic E-state index is 13.6. The standard InChI is InChI=1S/C32H32N6O3S/c39-28(33-21-23-9-3-1-4-10-23)16-15-27-31(41)38-30(34-27)25-13-7-8-14-26(25)35-32(38)42-22-29(40)37-19-17-36(18-20-37)24-11-5-2-6-12-24/h1-14,27H,15-22H2,(H,33,39)/t27-/m0/s1. The lowest BCUT2D eigenvalue weighted by molar-refractivity contribution is -0.129. The highest BCUT2D eigenvalue weighted by Gasteiger charge is 2.41. The number of aliphatic imine (C=N–C) groups is 2. The summed E-state index contributed by atoms with van der Waals surface area (Å²) >= 11 is 1.26. The predicted octanol–water partition coefficient (Wildman–Crippen LogP) is 3.82. The van der Waals surface area contributed by atoms with Crippen molar-refractivity contribution >= 4 is 51.9 Å². The van der Waals surface area contributed by atoms with Crippen molar-refractivity contribution in [3.8, 4) is 0 Å². The molecule has 3 amide bonds. The third-order valence-corrected chi connectivity index (χ3v) is 8.53. The van der Waals surface area contributed by atoms with E-state index in [1.54, 1.807) is 0 Å². The SMILES string of the molecule is O=C(CC[C@@H]1N=C2c3ccccc3N=C(SCC(=O)N3CCN(c4ccccc4)CC3)N2C1=O)NCc1ccccc1. The summed E-state index contributed by atoms with van der Waals surface area (Å²) in [5.74, 6) is 0.386. The van der Waals surface area contributed by atoms with Crippen molar-refractivity contribution in [2.75, 3.05) is 36.8 Å². The molecule has 0 aliphatic carbocycles. The summed E-state index contributed by atoms with van der Waals surface area (Å²) in [5, 5.41) is 3.36. The Morgan fingerprint density at radius 2 is 1.57 bits per heavy atom. The Kier molecular flexibility index (Phi) is 8.32. The Morgan fingerprint density at radius 1 is 0.881 bits per heavy atom. The summed E-state index contributed by atoms with van der Waals surface area (Å²) in [5.41, 5.74) is 3.67. The van der Waals surface area contributed by atoms with Crippen LogP contribution in [0.2, 0.25) is 0 Å². The minimum atomic E-state index is -0.679. The monoisotopic (exact) mass is 580 g/mol. The highest BCUT2D eigenvalue weighted by molar-refractivity contribution is 8.14. The van der Waals surface area contributed by atoms with Crippen molar-refractivity contribution in [2.24, 2.45) is 9.98 Å². The first-order valence-corrected chi connectivity index (χ1v) is 15.2. The maximum atomic E-state index is 13.6. The molecule has 42 heavy (non-hydrogen) atoms. The molecule has 9 nitrogen and oxygen atoms in total. The topological polar surface area (TPSA) is 97.7 Å². The van der Waals surface area contributed by atoms with Crippen LogP contribution >= 0.6 is 11.8 Å². The molecule has 1 saturated heterocycles. The molecule has 0 saturated carbocycles. The van der Waals surface area contributed by atoms with Gasteiger partial charge >= 0.3 is 0 Å². The Bertz CT molecular complexity index is 1520.